The molecule has 1 aromatic carbocycles. The molecule has 1 fully saturated rings. The van der Waals surface area contributed by atoms with E-state index in [0.29, 0.717) is 16.5 Å². The summed E-state index contributed by atoms with van der Waals surface area (Å²) in [6, 6.07) is 4.28. The minimum atomic E-state index is -0.389. The normalized spacial score (nSPS) is 19.5. The fraction of sp³-hybridized carbons (Fsp3) is 0.462. The number of carbonyl (C=O) groups excluding carboxylic acids is 1. The van der Waals surface area contributed by atoms with Crippen LogP contribution in [0.5, 0.6) is 0 Å². The lowest BCUT2D eigenvalue weighted by molar-refractivity contribution is 0.0859. The standard InChI is InChI=1S/C13H14BrFO2/c14-10-6-9(7-11(15)8-10)13(16)4-3-12-2-1-5-17-12/h6-8,12H,1-5H2. The molecule has 0 amide bonds. The van der Waals surface area contributed by atoms with Crippen molar-refractivity contribution in [2.75, 3.05) is 6.61 Å². The van der Waals surface area contributed by atoms with Crippen molar-refractivity contribution in [3.63, 3.8) is 0 Å². The third-order valence-electron chi connectivity index (χ3n) is 2.90. The van der Waals surface area contributed by atoms with E-state index in [1.807, 2.05) is 0 Å². The van der Waals surface area contributed by atoms with Gasteiger partial charge in [-0.05, 0) is 37.5 Å². The van der Waals surface area contributed by atoms with Crippen molar-refractivity contribution in [1.29, 1.82) is 0 Å². The molecule has 2 nitrogen and oxygen atoms in total. The smallest absolute Gasteiger partial charge is 0.163 e. The summed E-state index contributed by atoms with van der Waals surface area (Å²) in [5.74, 6) is -0.416. The molecule has 1 aromatic rings. The summed E-state index contributed by atoms with van der Waals surface area (Å²) in [6.07, 6.45) is 3.45. The van der Waals surface area contributed by atoms with E-state index in [1.54, 1.807) is 6.07 Å². The summed E-state index contributed by atoms with van der Waals surface area (Å²) in [7, 11) is 0. The molecule has 1 saturated heterocycles. The fourth-order valence-corrected chi connectivity index (χ4v) is 2.49. The Kier molecular flexibility index (Phi) is 4.29. The molecular formula is C13H14BrFO2. The van der Waals surface area contributed by atoms with Gasteiger partial charge >= 0.3 is 0 Å². The molecule has 0 radical (unpaired) electrons. The zero-order chi connectivity index (χ0) is 12.3. The average molecular weight is 301 g/mol. The number of hydrogen-bond acceptors (Lipinski definition) is 2. The predicted molar refractivity (Wildman–Crippen MR) is 66.6 cm³/mol. The molecule has 2 rings (SSSR count). The molecule has 4 heteroatoms. The lowest BCUT2D eigenvalue weighted by Gasteiger charge is -2.08. The van der Waals surface area contributed by atoms with Crippen LogP contribution in [0.4, 0.5) is 4.39 Å². The van der Waals surface area contributed by atoms with Gasteiger partial charge in [-0.25, -0.2) is 4.39 Å². The summed E-state index contributed by atoms with van der Waals surface area (Å²) >= 11 is 3.18. The van der Waals surface area contributed by atoms with E-state index in [2.05, 4.69) is 15.9 Å². The maximum atomic E-state index is 13.1. The molecule has 1 atom stereocenters. The van der Waals surface area contributed by atoms with Gasteiger partial charge in [-0.1, -0.05) is 15.9 Å². The summed E-state index contributed by atoms with van der Waals surface area (Å²) in [5.41, 5.74) is 0.426. The molecule has 0 aliphatic carbocycles. The molecule has 0 spiro atoms. The first-order valence-corrected chi connectivity index (χ1v) is 6.55. The summed E-state index contributed by atoms with van der Waals surface area (Å²) in [6.45, 7) is 0.796. The summed E-state index contributed by atoms with van der Waals surface area (Å²) in [4.78, 5) is 11.9. The largest absolute Gasteiger partial charge is 0.378 e. The van der Waals surface area contributed by atoms with E-state index in [9.17, 15) is 9.18 Å². The maximum Gasteiger partial charge on any atom is 0.163 e. The summed E-state index contributed by atoms with van der Waals surface area (Å²) < 4.78 is 19.2. The van der Waals surface area contributed by atoms with Gasteiger partial charge in [0.15, 0.2) is 5.78 Å². The molecule has 0 aromatic heterocycles. The first-order chi connectivity index (χ1) is 8.15. The van der Waals surface area contributed by atoms with Gasteiger partial charge in [0.05, 0.1) is 6.10 Å². The van der Waals surface area contributed by atoms with Crippen LogP contribution in [-0.2, 0) is 4.74 Å². The van der Waals surface area contributed by atoms with Crippen LogP contribution in [0.1, 0.15) is 36.0 Å². The molecule has 1 aliphatic heterocycles. The van der Waals surface area contributed by atoms with E-state index in [-0.39, 0.29) is 17.7 Å². The van der Waals surface area contributed by atoms with Crippen LogP contribution in [0.25, 0.3) is 0 Å². The highest BCUT2D eigenvalue weighted by molar-refractivity contribution is 9.10. The Morgan fingerprint density at radius 1 is 1.47 bits per heavy atom. The van der Waals surface area contributed by atoms with Crippen molar-refractivity contribution >= 4 is 21.7 Å². The van der Waals surface area contributed by atoms with Crippen LogP contribution >= 0.6 is 15.9 Å². The topological polar surface area (TPSA) is 26.3 Å². The number of benzene rings is 1. The zero-order valence-corrected chi connectivity index (χ0v) is 11.0. The molecule has 92 valence electrons. The van der Waals surface area contributed by atoms with Gasteiger partial charge < -0.3 is 4.74 Å². The monoisotopic (exact) mass is 300 g/mol. The summed E-state index contributed by atoms with van der Waals surface area (Å²) in [5, 5.41) is 0. The Labute approximate surface area is 108 Å². The van der Waals surface area contributed by atoms with Crippen LogP contribution < -0.4 is 0 Å². The van der Waals surface area contributed by atoms with Crippen molar-refractivity contribution in [3.05, 3.63) is 34.1 Å². The van der Waals surface area contributed by atoms with E-state index in [1.165, 1.54) is 12.1 Å². The van der Waals surface area contributed by atoms with E-state index in [4.69, 9.17) is 4.74 Å². The van der Waals surface area contributed by atoms with Crippen LogP contribution in [0.3, 0.4) is 0 Å². The number of ether oxygens (including phenoxy) is 1. The van der Waals surface area contributed by atoms with E-state index in [0.717, 1.165) is 25.9 Å². The van der Waals surface area contributed by atoms with Gasteiger partial charge in [0, 0.05) is 23.1 Å². The van der Waals surface area contributed by atoms with Gasteiger partial charge in [0.25, 0.3) is 0 Å². The van der Waals surface area contributed by atoms with Crippen molar-refractivity contribution in [2.24, 2.45) is 0 Å². The van der Waals surface area contributed by atoms with E-state index >= 15 is 0 Å². The van der Waals surface area contributed by atoms with Gasteiger partial charge in [-0.3, -0.25) is 4.79 Å². The van der Waals surface area contributed by atoms with Crippen LogP contribution in [0.15, 0.2) is 22.7 Å². The van der Waals surface area contributed by atoms with Gasteiger partial charge in [0.1, 0.15) is 5.82 Å². The Morgan fingerprint density at radius 2 is 2.29 bits per heavy atom. The van der Waals surface area contributed by atoms with Crippen LogP contribution in [0.2, 0.25) is 0 Å². The Balaban J connectivity index is 1.94. The van der Waals surface area contributed by atoms with Crippen molar-refractivity contribution in [1.82, 2.24) is 0 Å². The average Bonchev–Trinajstić information content (AvgIpc) is 2.77. The minimum Gasteiger partial charge on any atom is -0.378 e. The third kappa shape index (κ3) is 3.61. The minimum absolute atomic E-state index is 0.0271. The number of carbonyl (C=O) groups is 1. The molecule has 0 saturated carbocycles. The number of ketones is 1. The molecule has 0 N–H and O–H groups in total. The van der Waals surface area contributed by atoms with Gasteiger partial charge in [0.2, 0.25) is 0 Å². The van der Waals surface area contributed by atoms with Gasteiger partial charge in [-0.2, -0.15) is 0 Å². The van der Waals surface area contributed by atoms with E-state index < -0.39 is 0 Å². The van der Waals surface area contributed by atoms with Gasteiger partial charge in [-0.15, -0.1) is 0 Å². The Bertz CT molecular complexity index is 394. The van der Waals surface area contributed by atoms with Crippen molar-refractivity contribution in [3.8, 4) is 0 Å². The highest BCUT2D eigenvalue weighted by Gasteiger charge is 2.17. The maximum absolute atomic E-state index is 13.1. The highest BCUT2D eigenvalue weighted by atomic mass is 79.9. The molecular weight excluding hydrogens is 287 g/mol. The van der Waals surface area contributed by atoms with Crippen LogP contribution in [-0.4, -0.2) is 18.5 Å². The molecule has 17 heavy (non-hydrogen) atoms. The molecule has 1 aliphatic rings. The second-order valence-electron chi connectivity index (χ2n) is 4.26. The fourth-order valence-electron chi connectivity index (χ4n) is 2.02. The third-order valence-corrected chi connectivity index (χ3v) is 3.36. The van der Waals surface area contributed by atoms with Crippen molar-refractivity contribution in [2.45, 2.75) is 31.8 Å². The molecule has 0 bridgehead atoms. The van der Waals surface area contributed by atoms with Crippen LogP contribution in [0, 0.1) is 5.82 Å². The first-order valence-electron chi connectivity index (χ1n) is 5.76. The SMILES string of the molecule is O=C(CCC1CCCO1)c1cc(F)cc(Br)c1. The quantitative estimate of drug-likeness (QED) is 0.792. The Morgan fingerprint density at radius 3 is 2.94 bits per heavy atom. The number of Topliss-reactive ketones (excluding diaryl/α,β-unsaturated/α-hetero) is 1. The first kappa shape index (κ1) is 12.7. The Hall–Kier alpha value is -0.740. The zero-order valence-electron chi connectivity index (χ0n) is 9.42. The molecule has 1 unspecified atom stereocenters. The second kappa shape index (κ2) is 5.74. The van der Waals surface area contributed by atoms with Crippen molar-refractivity contribution < 1.29 is 13.9 Å². The number of hydrogen-bond donors (Lipinski definition) is 0. The number of rotatable bonds is 4. The highest BCUT2D eigenvalue weighted by Crippen LogP contribution is 2.20. The lowest BCUT2D eigenvalue weighted by atomic mass is 10.0. The molecule has 1 heterocycles. The predicted octanol–water partition coefficient (Wildman–Crippen LogP) is 3.73. The second-order valence-corrected chi connectivity index (χ2v) is 5.17. The lowest BCUT2D eigenvalue weighted by Crippen LogP contribution is -2.09. The number of halogens is 2.